The fourth-order valence-electron chi connectivity index (χ4n) is 2.06. The van der Waals surface area contributed by atoms with Crippen LogP contribution in [0, 0.1) is 0 Å². The van der Waals surface area contributed by atoms with Crippen LogP contribution in [-0.4, -0.2) is 32.9 Å². The quantitative estimate of drug-likeness (QED) is 0.787. The third-order valence-corrected chi connectivity index (χ3v) is 3.47. The molecular weight excluding hydrogens is 375 g/mol. The molecule has 0 saturated heterocycles. The Hall–Kier alpha value is -2.61. The lowest BCUT2D eigenvalue weighted by Gasteiger charge is -2.15. The van der Waals surface area contributed by atoms with Gasteiger partial charge in [-0.25, -0.2) is 0 Å². The second-order valence-electron chi connectivity index (χ2n) is 5.06. The fourth-order valence-corrected chi connectivity index (χ4v) is 2.23. The second kappa shape index (κ2) is 8.18. The Bertz CT molecular complexity index is 796. The van der Waals surface area contributed by atoms with Crippen LogP contribution in [0.2, 0.25) is 5.02 Å². The van der Waals surface area contributed by atoms with Crippen molar-refractivity contribution in [1.82, 2.24) is 0 Å². The molecule has 140 valence electrons. The minimum Gasteiger partial charge on any atom is -0.497 e. The molecule has 5 nitrogen and oxygen atoms in total. The lowest BCUT2D eigenvalue weighted by molar-refractivity contribution is -0.153. The van der Waals surface area contributed by atoms with Crippen molar-refractivity contribution in [3.8, 4) is 17.2 Å². The maximum atomic E-state index is 12.5. The normalized spacial score (nSPS) is 11.0. The molecule has 0 unspecified atom stereocenters. The standard InChI is InChI=1S/C17H15ClF3NO4/c1-24-11-4-5-12(15(8-11)25-2)16(23)22-13-7-10(18)3-6-14(13)26-9-17(19,20)21/h3-8H,9H2,1-2H3,(H,22,23). The summed E-state index contributed by atoms with van der Waals surface area (Å²) in [5, 5.41) is 2.70. The highest BCUT2D eigenvalue weighted by Crippen LogP contribution is 2.31. The van der Waals surface area contributed by atoms with E-state index in [9.17, 15) is 18.0 Å². The molecule has 0 aliphatic heterocycles. The van der Waals surface area contributed by atoms with Crippen molar-refractivity contribution in [2.45, 2.75) is 6.18 Å². The molecule has 26 heavy (non-hydrogen) atoms. The van der Waals surface area contributed by atoms with Crippen LogP contribution in [0.3, 0.4) is 0 Å². The third kappa shape index (κ3) is 5.19. The Labute approximate surface area is 152 Å². The van der Waals surface area contributed by atoms with Crippen LogP contribution in [-0.2, 0) is 0 Å². The van der Waals surface area contributed by atoms with Crippen LogP contribution < -0.4 is 19.5 Å². The van der Waals surface area contributed by atoms with Crippen molar-refractivity contribution in [3.63, 3.8) is 0 Å². The topological polar surface area (TPSA) is 56.8 Å². The van der Waals surface area contributed by atoms with Gasteiger partial charge in [-0.05, 0) is 30.3 Å². The van der Waals surface area contributed by atoms with E-state index in [0.717, 1.165) is 0 Å². The van der Waals surface area contributed by atoms with Crippen LogP contribution in [0.25, 0.3) is 0 Å². The highest BCUT2D eigenvalue weighted by Gasteiger charge is 2.29. The van der Waals surface area contributed by atoms with E-state index >= 15 is 0 Å². The Morgan fingerprint density at radius 3 is 2.42 bits per heavy atom. The molecule has 1 amide bonds. The molecule has 0 aliphatic carbocycles. The van der Waals surface area contributed by atoms with Crippen molar-refractivity contribution in [2.75, 3.05) is 26.1 Å². The van der Waals surface area contributed by atoms with Gasteiger partial charge in [0.15, 0.2) is 6.61 Å². The summed E-state index contributed by atoms with van der Waals surface area (Å²) in [6, 6.07) is 8.42. The number of halogens is 4. The van der Waals surface area contributed by atoms with E-state index in [0.29, 0.717) is 5.75 Å². The molecule has 2 rings (SSSR count). The van der Waals surface area contributed by atoms with Crippen molar-refractivity contribution in [2.24, 2.45) is 0 Å². The molecule has 0 aliphatic rings. The number of alkyl halides is 3. The number of methoxy groups -OCH3 is 2. The van der Waals surface area contributed by atoms with E-state index in [1.165, 1.54) is 44.6 Å². The summed E-state index contributed by atoms with van der Waals surface area (Å²) in [5.74, 6) is -0.0480. The predicted molar refractivity (Wildman–Crippen MR) is 90.5 cm³/mol. The highest BCUT2D eigenvalue weighted by molar-refractivity contribution is 6.31. The van der Waals surface area contributed by atoms with Gasteiger partial charge in [0, 0.05) is 11.1 Å². The first-order valence-corrected chi connectivity index (χ1v) is 7.64. The zero-order valence-corrected chi connectivity index (χ0v) is 14.6. The molecule has 0 atom stereocenters. The number of hydrogen-bond acceptors (Lipinski definition) is 4. The average molecular weight is 390 g/mol. The first-order chi connectivity index (χ1) is 12.2. The number of carbonyl (C=O) groups excluding carboxylic acids is 1. The zero-order chi connectivity index (χ0) is 19.3. The number of amides is 1. The molecule has 0 radical (unpaired) electrons. The number of rotatable bonds is 6. The SMILES string of the molecule is COc1ccc(C(=O)Nc2cc(Cl)ccc2OCC(F)(F)F)c(OC)c1. The summed E-state index contributed by atoms with van der Waals surface area (Å²) < 4.78 is 52.1. The Kier molecular flexibility index (Phi) is 6.20. The third-order valence-electron chi connectivity index (χ3n) is 3.23. The van der Waals surface area contributed by atoms with E-state index in [2.05, 4.69) is 5.32 Å². The molecule has 2 aromatic carbocycles. The maximum absolute atomic E-state index is 12.5. The van der Waals surface area contributed by atoms with Gasteiger partial charge >= 0.3 is 6.18 Å². The van der Waals surface area contributed by atoms with Crippen molar-refractivity contribution < 1.29 is 32.2 Å². The first-order valence-electron chi connectivity index (χ1n) is 7.26. The average Bonchev–Trinajstić information content (AvgIpc) is 2.59. The van der Waals surface area contributed by atoms with Crippen LogP contribution in [0.1, 0.15) is 10.4 Å². The van der Waals surface area contributed by atoms with Crippen LogP contribution >= 0.6 is 11.6 Å². The number of hydrogen-bond donors (Lipinski definition) is 1. The van der Waals surface area contributed by atoms with Gasteiger partial charge in [-0.2, -0.15) is 13.2 Å². The summed E-state index contributed by atoms with van der Waals surface area (Å²) in [4.78, 5) is 12.5. The largest absolute Gasteiger partial charge is 0.497 e. The van der Waals surface area contributed by atoms with E-state index in [-0.39, 0.29) is 27.8 Å². The lowest BCUT2D eigenvalue weighted by atomic mass is 10.1. The summed E-state index contributed by atoms with van der Waals surface area (Å²) in [7, 11) is 2.84. The molecule has 9 heteroatoms. The molecule has 0 heterocycles. The summed E-state index contributed by atoms with van der Waals surface area (Å²) in [6.45, 7) is -1.50. The minimum absolute atomic E-state index is 0.00428. The Morgan fingerprint density at radius 1 is 1.08 bits per heavy atom. The molecular formula is C17H15ClF3NO4. The van der Waals surface area contributed by atoms with E-state index in [1.54, 1.807) is 6.07 Å². The van der Waals surface area contributed by atoms with Crippen molar-refractivity contribution >= 4 is 23.2 Å². The molecule has 0 fully saturated rings. The van der Waals surface area contributed by atoms with Crippen LogP contribution in [0.15, 0.2) is 36.4 Å². The van der Waals surface area contributed by atoms with Gasteiger partial charge in [-0.3, -0.25) is 4.79 Å². The molecule has 2 aromatic rings. The summed E-state index contributed by atoms with van der Waals surface area (Å²) in [6.07, 6.45) is -4.51. The van der Waals surface area contributed by atoms with Gasteiger partial charge in [0.1, 0.15) is 17.2 Å². The molecule has 0 bridgehead atoms. The predicted octanol–water partition coefficient (Wildman–Crippen LogP) is 4.55. The van der Waals surface area contributed by atoms with Crippen molar-refractivity contribution in [1.29, 1.82) is 0 Å². The Morgan fingerprint density at radius 2 is 1.81 bits per heavy atom. The van der Waals surface area contributed by atoms with Crippen molar-refractivity contribution in [3.05, 3.63) is 47.0 Å². The van der Waals surface area contributed by atoms with Gasteiger partial charge in [-0.15, -0.1) is 0 Å². The van der Waals surface area contributed by atoms with E-state index in [1.807, 2.05) is 0 Å². The van der Waals surface area contributed by atoms with Crippen LogP contribution in [0.4, 0.5) is 18.9 Å². The van der Waals surface area contributed by atoms with Gasteiger partial charge in [0.25, 0.3) is 5.91 Å². The summed E-state index contributed by atoms with van der Waals surface area (Å²) >= 11 is 5.86. The highest BCUT2D eigenvalue weighted by atomic mass is 35.5. The Balaban J connectivity index is 2.27. The lowest BCUT2D eigenvalue weighted by Crippen LogP contribution is -2.20. The van der Waals surface area contributed by atoms with Gasteiger partial charge in [-0.1, -0.05) is 11.6 Å². The van der Waals surface area contributed by atoms with Gasteiger partial charge in [0.2, 0.25) is 0 Å². The van der Waals surface area contributed by atoms with E-state index in [4.69, 9.17) is 25.8 Å². The molecule has 0 spiro atoms. The van der Waals surface area contributed by atoms with E-state index < -0.39 is 18.7 Å². The van der Waals surface area contributed by atoms with Gasteiger partial charge in [0.05, 0.1) is 25.5 Å². The number of carbonyl (C=O) groups is 1. The number of nitrogens with one attached hydrogen (secondary N) is 1. The number of ether oxygens (including phenoxy) is 3. The van der Waals surface area contributed by atoms with Crippen LogP contribution in [0.5, 0.6) is 17.2 Å². The maximum Gasteiger partial charge on any atom is 0.422 e. The fraction of sp³-hybridized carbons (Fsp3) is 0.235. The smallest absolute Gasteiger partial charge is 0.422 e. The second-order valence-corrected chi connectivity index (χ2v) is 5.50. The molecule has 0 aromatic heterocycles. The summed E-state index contributed by atoms with van der Waals surface area (Å²) in [5.41, 5.74) is 0.166. The number of benzene rings is 2. The minimum atomic E-state index is -4.51. The molecule has 1 N–H and O–H groups in total. The monoisotopic (exact) mass is 389 g/mol. The first kappa shape index (κ1) is 19.7. The molecule has 0 saturated carbocycles. The van der Waals surface area contributed by atoms with Gasteiger partial charge < -0.3 is 19.5 Å². The zero-order valence-electron chi connectivity index (χ0n) is 13.8. The number of anilines is 1.